The van der Waals surface area contributed by atoms with Crippen molar-refractivity contribution < 1.29 is 17.5 Å². The van der Waals surface area contributed by atoms with Gasteiger partial charge in [0.05, 0.1) is 10.6 Å². The van der Waals surface area contributed by atoms with E-state index >= 15 is 0 Å². The van der Waals surface area contributed by atoms with Crippen molar-refractivity contribution in [1.82, 2.24) is 5.32 Å². The molecule has 1 N–H and O–H groups in total. The van der Waals surface area contributed by atoms with Crippen molar-refractivity contribution in [3.8, 4) is 0 Å². The highest BCUT2D eigenvalue weighted by atomic mass is 32.2. The summed E-state index contributed by atoms with van der Waals surface area (Å²) in [5.41, 5.74) is 0.568. The largest absolute Gasteiger partial charge is 0.385 e. The smallest absolute Gasteiger partial charge is 0.178 e. The maximum atomic E-state index is 13.4. The van der Waals surface area contributed by atoms with Crippen molar-refractivity contribution in [2.24, 2.45) is 0 Å². The molecule has 0 saturated heterocycles. The third-order valence-corrected chi connectivity index (χ3v) is 5.59. The lowest BCUT2D eigenvalue weighted by Gasteiger charge is -2.26. The SMILES string of the molecule is COCCCCCNC1CCS(=O)(=O)c2ccc(F)cc21. The first-order chi connectivity index (χ1) is 10.0. The number of rotatable bonds is 7. The summed E-state index contributed by atoms with van der Waals surface area (Å²) >= 11 is 0. The van der Waals surface area contributed by atoms with Crippen LogP contribution in [0.3, 0.4) is 0 Å². The molecule has 21 heavy (non-hydrogen) atoms. The zero-order chi connectivity index (χ0) is 15.3. The van der Waals surface area contributed by atoms with Gasteiger partial charge in [0.1, 0.15) is 5.82 Å². The Morgan fingerprint density at radius 1 is 1.33 bits per heavy atom. The van der Waals surface area contributed by atoms with Crippen LogP contribution in [0.4, 0.5) is 4.39 Å². The van der Waals surface area contributed by atoms with Crippen LogP contribution < -0.4 is 5.32 Å². The Balaban J connectivity index is 1.98. The lowest BCUT2D eigenvalue weighted by Crippen LogP contribution is -2.30. The Morgan fingerprint density at radius 2 is 2.14 bits per heavy atom. The molecule has 1 atom stereocenters. The van der Waals surface area contributed by atoms with Crippen LogP contribution >= 0.6 is 0 Å². The Morgan fingerprint density at radius 3 is 2.90 bits per heavy atom. The summed E-state index contributed by atoms with van der Waals surface area (Å²) in [6.45, 7) is 1.56. The predicted octanol–water partition coefficient (Wildman–Crippen LogP) is 2.45. The van der Waals surface area contributed by atoms with Gasteiger partial charge in [-0.05, 0) is 56.0 Å². The van der Waals surface area contributed by atoms with E-state index < -0.39 is 15.7 Å². The topological polar surface area (TPSA) is 55.4 Å². The van der Waals surface area contributed by atoms with Gasteiger partial charge in [-0.1, -0.05) is 0 Å². The van der Waals surface area contributed by atoms with Crippen LogP contribution in [-0.4, -0.2) is 34.4 Å². The molecule has 118 valence electrons. The second kappa shape index (κ2) is 7.33. The molecule has 1 unspecified atom stereocenters. The van der Waals surface area contributed by atoms with Gasteiger partial charge in [-0.25, -0.2) is 12.8 Å². The maximum Gasteiger partial charge on any atom is 0.178 e. The number of ether oxygens (including phenoxy) is 1. The third-order valence-electron chi connectivity index (χ3n) is 3.77. The maximum absolute atomic E-state index is 13.4. The summed E-state index contributed by atoms with van der Waals surface area (Å²) in [7, 11) is -1.57. The molecule has 0 aromatic heterocycles. The van der Waals surface area contributed by atoms with Crippen molar-refractivity contribution in [1.29, 1.82) is 0 Å². The fraction of sp³-hybridized carbons (Fsp3) is 0.600. The lowest BCUT2D eigenvalue weighted by atomic mass is 10.0. The van der Waals surface area contributed by atoms with Gasteiger partial charge in [-0.2, -0.15) is 0 Å². The number of sulfone groups is 1. The summed E-state index contributed by atoms with van der Waals surface area (Å²) < 4.78 is 42.4. The minimum Gasteiger partial charge on any atom is -0.385 e. The molecule has 0 spiro atoms. The molecule has 1 aromatic carbocycles. The first kappa shape index (κ1) is 16.4. The van der Waals surface area contributed by atoms with E-state index in [2.05, 4.69) is 5.32 Å². The van der Waals surface area contributed by atoms with Crippen LogP contribution in [-0.2, 0) is 14.6 Å². The number of methoxy groups -OCH3 is 1. The van der Waals surface area contributed by atoms with E-state index in [0.717, 1.165) is 32.4 Å². The number of benzene rings is 1. The first-order valence-corrected chi connectivity index (χ1v) is 8.94. The molecule has 2 rings (SSSR count). The number of hydrogen-bond acceptors (Lipinski definition) is 4. The number of fused-ring (bicyclic) bond motifs is 1. The highest BCUT2D eigenvalue weighted by Crippen LogP contribution is 2.32. The van der Waals surface area contributed by atoms with E-state index in [0.29, 0.717) is 12.0 Å². The van der Waals surface area contributed by atoms with Crippen LogP contribution in [0.1, 0.15) is 37.3 Å². The minimum absolute atomic E-state index is 0.0818. The number of hydrogen-bond donors (Lipinski definition) is 1. The van der Waals surface area contributed by atoms with Crippen LogP contribution in [0.15, 0.2) is 23.1 Å². The molecule has 0 radical (unpaired) electrons. The average molecular weight is 315 g/mol. The van der Waals surface area contributed by atoms with Crippen molar-refractivity contribution in [2.45, 2.75) is 36.6 Å². The van der Waals surface area contributed by atoms with Crippen LogP contribution in [0.25, 0.3) is 0 Å². The quantitative estimate of drug-likeness (QED) is 0.620. The molecule has 1 aliphatic heterocycles. The summed E-state index contributed by atoms with van der Waals surface area (Å²) in [4.78, 5) is 0.270. The highest BCUT2D eigenvalue weighted by Gasteiger charge is 2.30. The van der Waals surface area contributed by atoms with Gasteiger partial charge >= 0.3 is 0 Å². The lowest BCUT2D eigenvalue weighted by molar-refractivity contribution is 0.192. The van der Waals surface area contributed by atoms with Crippen molar-refractivity contribution in [3.63, 3.8) is 0 Å². The molecule has 0 aliphatic carbocycles. The molecule has 0 amide bonds. The Bertz CT molecular complexity index is 574. The molecule has 6 heteroatoms. The summed E-state index contributed by atoms with van der Waals surface area (Å²) in [5.74, 6) is -0.273. The number of unbranched alkanes of at least 4 members (excludes halogenated alkanes) is 2. The molecule has 1 aliphatic rings. The fourth-order valence-electron chi connectivity index (χ4n) is 2.65. The molecule has 0 saturated carbocycles. The second-order valence-electron chi connectivity index (χ2n) is 5.35. The van der Waals surface area contributed by atoms with Crippen molar-refractivity contribution in [2.75, 3.05) is 26.0 Å². The first-order valence-electron chi connectivity index (χ1n) is 7.29. The minimum atomic E-state index is -3.26. The summed E-state index contributed by atoms with van der Waals surface area (Å²) in [6.07, 6.45) is 3.57. The second-order valence-corrected chi connectivity index (χ2v) is 7.43. The van der Waals surface area contributed by atoms with Crippen molar-refractivity contribution >= 4 is 9.84 Å². The zero-order valence-electron chi connectivity index (χ0n) is 12.3. The summed E-state index contributed by atoms with van der Waals surface area (Å²) in [6, 6.07) is 3.85. The molecule has 1 aromatic rings. The van der Waals surface area contributed by atoms with Gasteiger partial charge in [-0.15, -0.1) is 0 Å². The zero-order valence-corrected chi connectivity index (χ0v) is 13.1. The average Bonchev–Trinajstić information content (AvgIpc) is 2.44. The fourth-order valence-corrected chi connectivity index (χ4v) is 4.25. The monoisotopic (exact) mass is 315 g/mol. The molecule has 0 bridgehead atoms. The Kier molecular flexibility index (Phi) is 5.72. The highest BCUT2D eigenvalue weighted by molar-refractivity contribution is 7.91. The van der Waals surface area contributed by atoms with E-state index in [1.54, 1.807) is 7.11 Å². The molecular weight excluding hydrogens is 293 g/mol. The van der Waals surface area contributed by atoms with Gasteiger partial charge in [-0.3, -0.25) is 0 Å². The van der Waals surface area contributed by atoms with Gasteiger partial charge in [0.2, 0.25) is 0 Å². The van der Waals surface area contributed by atoms with E-state index in [4.69, 9.17) is 4.74 Å². The van der Waals surface area contributed by atoms with Gasteiger partial charge in [0.25, 0.3) is 0 Å². The third kappa shape index (κ3) is 4.25. The normalized spacial score (nSPS) is 20.2. The summed E-state index contributed by atoms with van der Waals surface area (Å²) in [5, 5.41) is 3.35. The molecule has 4 nitrogen and oxygen atoms in total. The van der Waals surface area contributed by atoms with E-state index in [1.165, 1.54) is 18.2 Å². The standard InChI is InChI=1S/C15H22FNO3S/c1-20-9-4-2-3-8-17-14-7-10-21(18,19)15-6-5-12(16)11-13(14)15/h5-6,11,14,17H,2-4,7-10H2,1H3. The Labute approximate surface area is 125 Å². The molecule has 0 fully saturated rings. The predicted molar refractivity (Wildman–Crippen MR) is 79.5 cm³/mol. The number of halogens is 1. The van der Waals surface area contributed by atoms with Crippen LogP contribution in [0.2, 0.25) is 0 Å². The van der Waals surface area contributed by atoms with E-state index in [1.807, 2.05) is 0 Å². The van der Waals surface area contributed by atoms with Crippen LogP contribution in [0.5, 0.6) is 0 Å². The van der Waals surface area contributed by atoms with Crippen molar-refractivity contribution in [3.05, 3.63) is 29.6 Å². The van der Waals surface area contributed by atoms with Crippen LogP contribution in [0, 0.1) is 5.82 Å². The molecular formula is C15H22FNO3S. The van der Waals surface area contributed by atoms with Gasteiger partial charge in [0.15, 0.2) is 9.84 Å². The molecule has 1 heterocycles. The number of nitrogens with one attached hydrogen (secondary N) is 1. The Hall–Kier alpha value is -0.980. The van der Waals surface area contributed by atoms with E-state index in [-0.39, 0.29) is 16.7 Å². The van der Waals surface area contributed by atoms with Gasteiger partial charge in [0, 0.05) is 19.8 Å². The van der Waals surface area contributed by atoms with Gasteiger partial charge < -0.3 is 10.1 Å². The van der Waals surface area contributed by atoms with E-state index in [9.17, 15) is 12.8 Å².